The van der Waals surface area contributed by atoms with Crippen LogP contribution in [0.4, 0.5) is 0 Å². The lowest BCUT2D eigenvalue weighted by Crippen LogP contribution is -2.35. The summed E-state index contributed by atoms with van der Waals surface area (Å²) in [4.78, 5) is 0. The van der Waals surface area contributed by atoms with Crippen molar-refractivity contribution >= 4 is 10.0 Å². The fourth-order valence-corrected chi connectivity index (χ4v) is 2.76. The summed E-state index contributed by atoms with van der Waals surface area (Å²) in [5.41, 5.74) is 0. The molecule has 1 fully saturated rings. The van der Waals surface area contributed by atoms with E-state index in [2.05, 4.69) is 12.2 Å². The highest BCUT2D eigenvalue weighted by Gasteiger charge is 2.35. The van der Waals surface area contributed by atoms with Gasteiger partial charge in [-0.05, 0) is 24.8 Å². The number of sulfonamides is 1. The number of hydrogen-bond donors (Lipinski definition) is 1. The van der Waals surface area contributed by atoms with E-state index in [9.17, 15) is 8.42 Å². The summed E-state index contributed by atoms with van der Waals surface area (Å²) in [5, 5.41) is 3.03. The highest BCUT2D eigenvalue weighted by atomic mass is 32.2. The van der Waals surface area contributed by atoms with Crippen LogP contribution in [-0.2, 0) is 10.0 Å². The van der Waals surface area contributed by atoms with Crippen LogP contribution in [0.3, 0.4) is 0 Å². The number of nitrogens with zero attached hydrogens (tertiary/aromatic N) is 1. The standard InChI is InChI=1S/C10H22N2O2S/c1-4-11-5-6-15(13,14)12(3)8-10-7-9(10)2/h9-11H,4-8H2,1-3H3. The van der Waals surface area contributed by atoms with E-state index in [1.54, 1.807) is 7.05 Å². The van der Waals surface area contributed by atoms with Gasteiger partial charge in [0, 0.05) is 20.1 Å². The van der Waals surface area contributed by atoms with Gasteiger partial charge in [-0.25, -0.2) is 12.7 Å². The second-order valence-corrected chi connectivity index (χ2v) is 6.62. The van der Waals surface area contributed by atoms with Gasteiger partial charge in [-0.3, -0.25) is 0 Å². The molecule has 1 aliphatic rings. The van der Waals surface area contributed by atoms with Crippen molar-refractivity contribution in [1.29, 1.82) is 0 Å². The predicted octanol–water partition coefficient (Wildman–Crippen LogP) is 0.514. The average Bonchev–Trinajstić information content (AvgIpc) is 2.82. The Morgan fingerprint density at radius 3 is 2.53 bits per heavy atom. The Hall–Kier alpha value is -0.130. The molecule has 2 atom stereocenters. The summed E-state index contributed by atoms with van der Waals surface area (Å²) in [6.07, 6.45) is 1.17. The summed E-state index contributed by atoms with van der Waals surface area (Å²) in [7, 11) is -1.35. The van der Waals surface area contributed by atoms with Gasteiger partial charge in [0.25, 0.3) is 0 Å². The maximum absolute atomic E-state index is 11.8. The van der Waals surface area contributed by atoms with E-state index in [0.717, 1.165) is 6.54 Å². The maximum Gasteiger partial charge on any atom is 0.215 e. The van der Waals surface area contributed by atoms with Gasteiger partial charge >= 0.3 is 0 Å². The van der Waals surface area contributed by atoms with Crippen LogP contribution in [0.25, 0.3) is 0 Å². The Balaban J connectivity index is 2.32. The van der Waals surface area contributed by atoms with Crippen molar-refractivity contribution in [2.75, 3.05) is 32.4 Å². The Bertz CT molecular complexity index is 290. The molecule has 1 rings (SSSR count). The zero-order chi connectivity index (χ0) is 11.5. The third-order valence-corrected chi connectivity index (χ3v) is 4.85. The summed E-state index contributed by atoms with van der Waals surface area (Å²) >= 11 is 0. The summed E-state index contributed by atoms with van der Waals surface area (Å²) in [6.45, 7) is 6.20. The van der Waals surface area contributed by atoms with Crippen molar-refractivity contribution in [1.82, 2.24) is 9.62 Å². The minimum Gasteiger partial charge on any atom is -0.316 e. The van der Waals surface area contributed by atoms with E-state index in [0.29, 0.717) is 24.9 Å². The Morgan fingerprint density at radius 2 is 2.07 bits per heavy atom. The largest absolute Gasteiger partial charge is 0.316 e. The van der Waals surface area contributed by atoms with Crippen LogP contribution in [0.1, 0.15) is 20.3 Å². The molecule has 4 nitrogen and oxygen atoms in total. The topological polar surface area (TPSA) is 49.4 Å². The first-order valence-electron chi connectivity index (χ1n) is 5.62. The smallest absolute Gasteiger partial charge is 0.215 e. The molecule has 0 aromatic heterocycles. The Morgan fingerprint density at radius 1 is 1.47 bits per heavy atom. The normalized spacial score (nSPS) is 25.9. The van der Waals surface area contributed by atoms with E-state index in [4.69, 9.17) is 0 Å². The van der Waals surface area contributed by atoms with Crippen LogP contribution in [0.15, 0.2) is 0 Å². The van der Waals surface area contributed by atoms with Gasteiger partial charge in [0.05, 0.1) is 5.75 Å². The first-order valence-corrected chi connectivity index (χ1v) is 7.23. The van der Waals surface area contributed by atoms with Crippen molar-refractivity contribution in [2.24, 2.45) is 11.8 Å². The molecule has 2 unspecified atom stereocenters. The van der Waals surface area contributed by atoms with Gasteiger partial charge < -0.3 is 5.32 Å². The number of hydrogen-bond acceptors (Lipinski definition) is 3. The Kier molecular flexibility index (Phi) is 4.55. The number of rotatable bonds is 7. The summed E-state index contributed by atoms with van der Waals surface area (Å²) in [6, 6.07) is 0. The zero-order valence-electron chi connectivity index (χ0n) is 9.86. The summed E-state index contributed by atoms with van der Waals surface area (Å²) in [5.74, 6) is 1.50. The van der Waals surface area contributed by atoms with Crippen molar-refractivity contribution in [3.05, 3.63) is 0 Å². The maximum atomic E-state index is 11.8. The van der Waals surface area contributed by atoms with Crippen LogP contribution in [0.2, 0.25) is 0 Å². The second kappa shape index (κ2) is 5.27. The first kappa shape index (κ1) is 12.9. The van der Waals surface area contributed by atoms with E-state index < -0.39 is 10.0 Å². The van der Waals surface area contributed by atoms with E-state index in [-0.39, 0.29) is 5.75 Å². The van der Waals surface area contributed by atoms with Gasteiger partial charge in [-0.1, -0.05) is 13.8 Å². The van der Waals surface area contributed by atoms with Crippen LogP contribution in [0, 0.1) is 11.8 Å². The van der Waals surface area contributed by atoms with Crippen molar-refractivity contribution in [3.63, 3.8) is 0 Å². The van der Waals surface area contributed by atoms with Crippen LogP contribution in [0.5, 0.6) is 0 Å². The van der Waals surface area contributed by atoms with Crippen LogP contribution >= 0.6 is 0 Å². The lowest BCUT2D eigenvalue weighted by molar-refractivity contribution is 0.443. The molecule has 0 amide bonds. The van der Waals surface area contributed by atoms with Gasteiger partial charge in [-0.15, -0.1) is 0 Å². The number of nitrogens with one attached hydrogen (secondary N) is 1. The van der Waals surface area contributed by atoms with Crippen molar-refractivity contribution < 1.29 is 8.42 Å². The molecule has 0 bridgehead atoms. The molecule has 0 aromatic rings. The second-order valence-electron chi connectivity index (χ2n) is 4.42. The molecule has 0 heterocycles. The molecule has 0 aliphatic heterocycles. The average molecular weight is 234 g/mol. The van der Waals surface area contributed by atoms with Gasteiger partial charge in [0.2, 0.25) is 10.0 Å². The Labute approximate surface area is 93.1 Å². The van der Waals surface area contributed by atoms with Gasteiger partial charge in [0.1, 0.15) is 0 Å². The highest BCUT2D eigenvalue weighted by molar-refractivity contribution is 7.89. The molecule has 1 aliphatic carbocycles. The van der Waals surface area contributed by atoms with Gasteiger partial charge in [-0.2, -0.15) is 0 Å². The quantitative estimate of drug-likeness (QED) is 0.653. The molecular formula is C10H22N2O2S. The van der Waals surface area contributed by atoms with Gasteiger partial charge in [0.15, 0.2) is 0 Å². The lowest BCUT2D eigenvalue weighted by Gasteiger charge is -2.16. The molecule has 90 valence electrons. The molecule has 0 radical (unpaired) electrons. The zero-order valence-corrected chi connectivity index (χ0v) is 10.7. The minimum absolute atomic E-state index is 0.207. The van der Waals surface area contributed by atoms with E-state index in [1.807, 2.05) is 6.92 Å². The van der Waals surface area contributed by atoms with E-state index in [1.165, 1.54) is 10.7 Å². The molecule has 15 heavy (non-hydrogen) atoms. The fourth-order valence-electron chi connectivity index (χ4n) is 1.63. The molecule has 1 N–H and O–H groups in total. The van der Waals surface area contributed by atoms with Crippen LogP contribution in [-0.4, -0.2) is 45.2 Å². The third-order valence-electron chi connectivity index (χ3n) is 3.03. The molecule has 0 aromatic carbocycles. The molecule has 5 heteroatoms. The minimum atomic E-state index is -3.04. The monoisotopic (exact) mass is 234 g/mol. The SMILES string of the molecule is CCNCCS(=O)(=O)N(C)CC1CC1C. The van der Waals surface area contributed by atoms with Crippen LogP contribution < -0.4 is 5.32 Å². The molecule has 0 spiro atoms. The van der Waals surface area contributed by atoms with E-state index >= 15 is 0 Å². The predicted molar refractivity (Wildman–Crippen MR) is 62.2 cm³/mol. The summed E-state index contributed by atoms with van der Waals surface area (Å²) < 4.78 is 25.0. The molecule has 0 saturated heterocycles. The highest BCUT2D eigenvalue weighted by Crippen LogP contribution is 2.38. The first-order chi connectivity index (χ1) is 6.97. The molecule has 1 saturated carbocycles. The third kappa shape index (κ3) is 4.09. The van der Waals surface area contributed by atoms with Crippen molar-refractivity contribution in [3.8, 4) is 0 Å². The lowest BCUT2D eigenvalue weighted by atomic mass is 10.3. The fraction of sp³-hybridized carbons (Fsp3) is 1.00. The molecular weight excluding hydrogens is 212 g/mol. The van der Waals surface area contributed by atoms with Crippen molar-refractivity contribution in [2.45, 2.75) is 20.3 Å².